The monoisotopic (exact) mass is 275 g/mol. The molecule has 1 aromatic heterocycles. The standard InChI is InChI=1S/C10H21N5O2S/c1-5-15-7-9(10(11)13-15)18(16,17)12-6-8(2)14(3)4/h7-8,12H,5-6H2,1-4H3,(H2,11,13). The van der Waals surface area contributed by atoms with Gasteiger partial charge in [0.25, 0.3) is 0 Å². The number of likely N-dealkylation sites (N-methyl/N-ethyl adjacent to an activating group) is 1. The highest BCUT2D eigenvalue weighted by molar-refractivity contribution is 7.89. The largest absolute Gasteiger partial charge is 0.381 e. The van der Waals surface area contributed by atoms with Crippen LogP contribution in [0.5, 0.6) is 0 Å². The molecule has 1 heterocycles. The number of aromatic nitrogens is 2. The Kier molecular flexibility index (Phi) is 4.71. The van der Waals surface area contributed by atoms with E-state index in [1.807, 2.05) is 32.8 Å². The second-order valence-corrected chi connectivity index (χ2v) is 6.13. The Morgan fingerprint density at radius 2 is 2.17 bits per heavy atom. The lowest BCUT2D eigenvalue weighted by Gasteiger charge is -2.19. The van der Waals surface area contributed by atoms with Crippen molar-refractivity contribution in [3.8, 4) is 0 Å². The summed E-state index contributed by atoms with van der Waals surface area (Å²) >= 11 is 0. The number of sulfonamides is 1. The maximum absolute atomic E-state index is 12.0. The van der Waals surface area contributed by atoms with E-state index < -0.39 is 10.0 Å². The van der Waals surface area contributed by atoms with E-state index in [9.17, 15) is 8.42 Å². The van der Waals surface area contributed by atoms with Gasteiger partial charge < -0.3 is 10.6 Å². The zero-order valence-electron chi connectivity index (χ0n) is 11.2. The minimum Gasteiger partial charge on any atom is -0.381 e. The fourth-order valence-corrected chi connectivity index (χ4v) is 2.47. The predicted molar refractivity (Wildman–Crippen MR) is 70.7 cm³/mol. The first-order chi connectivity index (χ1) is 8.27. The molecule has 0 aliphatic rings. The van der Waals surface area contributed by atoms with Crippen LogP contribution >= 0.6 is 0 Å². The van der Waals surface area contributed by atoms with Crippen molar-refractivity contribution in [1.82, 2.24) is 19.4 Å². The Morgan fingerprint density at radius 1 is 1.56 bits per heavy atom. The summed E-state index contributed by atoms with van der Waals surface area (Å²) in [5, 5.41) is 3.92. The average Bonchev–Trinajstić information content (AvgIpc) is 2.68. The summed E-state index contributed by atoms with van der Waals surface area (Å²) in [5.74, 6) is 0.0295. The Bertz CT molecular complexity index is 494. The lowest BCUT2D eigenvalue weighted by Crippen LogP contribution is -2.38. The highest BCUT2D eigenvalue weighted by atomic mass is 32.2. The van der Waals surface area contributed by atoms with E-state index in [0.29, 0.717) is 13.1 Å². The normalized spacial score (nSPS) is 14.1. The maximum Gasteiger partial charge on any atom is 0.245 e. The highest BCUT2D eigenvalue weighted by Crippen LogP contribution is 2.15. The van der Waals surface area contributed by atoms with Crippen molar-refractivity contribution >= 4 is 15.8 Å². The number of hydrogen-bond donors (Lipinski definition) is 2. The third kappa shape index (κ3) is 3.44. The van der Waals surface area contributed by atoms with Crippen LogP contribution in [0.3, 0.4) is 0 Å². The van der Waals surface area contributed by atoms with Crippen molar-refractivity contribution in [2.75, 3.05) is 26.4 Å². The molecule has 0 bridgehead atoms. The molecule has 0 aromatic carbocycles. The van der Waals surface area contributed by atoms with Crippen molar-refractivity contribution in [3.63, 3.8) is 0 Å². The van der Waals surface area contributed by atoms with Gasteiger partial charge in [0.15, 0.2) is 5.82 Å². The van der Waals surface area contributed by atoms with Crippen molar-refractivity contribution < 1.29 is 8.42 Å². The van der Waals surface area contributed by atoms with Gasteiger partial charge >= 0.3 is 0 Å². The first-order valence-electron chi connectivity index (χ1n) is 5.77. The van der Waals surface area contributed by atoms with Crippen LogP contribution in [0.15, 0.2) is 11.1 Å². The van der Waals surface area contributed by atoms with E-state index in [2.05, 4.69) is 9.82 Å². The first kappa shape index (κ1) is 14.9. The lowest BCUT2D eigenvalue weighted by molar-refractivity contribution is 0.314. The highest BCUT2D eigenvalue weighted by Gasteiger charge is 2.21. The topological polar surface area (TPSA) is 93.2 Å². The lowest BCUT2D eigenvalue weighted by atomic mass is 10.3. The minimum absolute atomic E-state index is 0.0295. The smallest absolute Gasteiger partial charge is 0.245 e. The van der Waals surface area contributed by atoms with E-state index in [1.165, 1.54) is 10.9 Å². The Labute approximate surface area is 108 Å². The number of nitrogens with two attached hydrogens (primary N) is 1. The van der Waals surface area contributed by atoms with Crippen molar-refractivity contribution in [3.05, 3.63) is 6.20 Å². The Hall–Kier alpha value is -1.12. The number of nitrogens with zero attached hydrogens (tertiary/aromatic N) is 3. The zero-order valence-corrected chi connectivity index (χ0v) is 12.0. The number of nitrogens with one attached hydrogen (secondary N) is 1. The zero-order chi connectivity index (χ0) is 13.9. The molecule has 0 spiro atoms. The van der Waals surface area contributed by atoms with Gasteiger partial charge in [-0.1, -0.05) is 0 Å². The molecule has 1 rings (SSSR count). The van der Waals surface area contributed by atoms with Gasteiger partial charge in [0.1, 0.15) is 4.90 Å². The van der Waals surface area contributed by atoms with Gasteiger partial charge in [0.2, 0.25) is 10.0 Å². The summed E-state index contributed by atoms with van der Waals surface area (Å²) in [6.45, 7) is 4.70. The quantitative estimate of drug-likeness (QED) is 0.744. The van der Waals surface area contributed by atoms with Gasteiger partial charge in [-0.05, 0) is 27.9 Å². The SMILES string of the molecule is CCn1cc(S(=O)(=O)NCC(C)N(C)C)c(N)n1. The fourth-order valence-electron chi connectivity index (χ4n) is 1.28. The summed E-state index contributed by atoms with van der Waals surface area (Å²) in [7, 11) is 0.189. The second-order valence-electron chi connectivity index (χ2n) is 4.40. The molecule has 18 heavy (non-hydrogen) atoms. The number of aryl methyl sites for hydroxylation is 1. The van der Waals surface area contributed by atoms with E-state index >= 15 is 0 Å². The number of hydrogen-bond acceptors (Lipinski definition) is 5. The van der Waals surface area contributed by atoms with E-state index in [4.69, 9.17) is 5.73 Å². The van der Waals surface area contributed by atoms with Crippen LogP contribution in [0, 0.1) is 0 Å². The molecular weight excluding hydrogens is 254 g/mol. The molecule has 0 saturated carbocycles. The van der Waals surface area contributed by atoms with Crippen molar-refractivity contribution in [2.24, 2.45) is 0 Å². The van der Waals surface area contributed by atoms with Crippen LogP contribution in [0.2, 0.25) is 0 Å². The van der Waals surface area contributed by atoms with Gasteiger partial charge in [0, 0.05) is 25.3 Å². The molecule has 1 unspecified atom stereocenters. The molecular formula is C10H21N5O2S. The summed E-state index contributed by atoms with van der Waals surface area (Å²) < 4.78 is 28.1. The molecule has 104 valence electrons. The predicted octanol–water partition coefficient (Wildman–Crippen LogP) is -0.286. The number of nitrogen functional groups attached to an aromatic ring is 1. The van der Waals surface area contributed by atoms with Crippen LogP contribution in [-0.2, 0) is 16.6 Å². The third-order valence-electron chi connectivity index (χ3n) is 2.82. The Balaban J connectivity index is 2.83. The van der Waals surface area contributed by atoms with Gasteiger partial charge in [0.05, 0.1) is 0 Å². The van der Waals surface area contributed by atoms with Crippen LogP contribution in [0.4, 0.5) is 5.82 Å². The summed E-state index contributed by atoms with van der Waals surface area (Å²) in [6.07, 6.45) is 1.44. The maximum atomic E-state index is 12.0. The van der Waals surface area contributed by atoms with E-state index in [0.717, 1.165) is 0 Å². The summed E-state index contributed by atoms with van der Waals surface area (Å²) in [5.41, 5.74) is 5.61. The molecule has 8 heteroatoms. The van der Waals surface area contributed by atoms with E-state index in [-0.39, 0.29) is 16.8 Å². The second kappa shape index (κ2) is 5.68. The molecule has 0 radical (unpaired) electrons. The van der Waals surface area contributed by atoms with E-state index in [1.54, 1.807) is 0 Å². The molecule has 0 aliphatic heterocycles. The average molecular weight is 275 g/mol. The van der Waals surface area contributed by atoms with Gasteiger partial charge in [-0.15, -0.1) is 0 Å². The number of rotatable bonds is 6. The van der Waals surface area contributed by atoms with Crippen LogP contribution in [0.1, 0.15) is 13.8 Å². The van der Waals surface area contributed by atoms with Crippen LogP contribution < -0.4 is 10.5 Å². The van der Waals surface area contributed by atoms with Crippen molar-refractivity contribution in [2.45, 2.75) is 31.3 Å². The minimum atomic E-state index is -3.59. The van der Waals surface area contributed by atoms with Crippen molar-refractivity contribution in [1.29, 1.82) is 0 Å². The van der Waals surface area contributed by atoms with Gasteiger partial charge in [-0.25, -0.2) is 13.1 Å². The van der Waals surface area contributed by atoms with Gasteiger partial charge in [-0.2, -0.15) is 5.10 Å². The summed E-state index contributed by atoms with van der Waals surface area (Å²) in [6, 6.07) is 0.0993. The molecule has 1 aromatic rings. The summed E-state index contributed by atoms with van der Waals surface area (Å²) in [4.78, 5) is 1.97. The molecule has 0 aliphatic carbocycles. The molecule has 0 fully saturated rings. The molecule has 1 atom stereocenters. The molecule has 3 N–H and O–H groups in total. The van der Waals surface area contributed by atoms with Gasteiger partial charge in [-0.3, -0.25) is 4.68 Å². The Morgan fingerprint density at radius 3 is 2.61 bits per heavy atom. The number of anilines is 1. The van der Waals surface area contributed by atoms with Crippen LogP contribution in [-0.4, -0.2) is 49.8 Å². The molecule has 0 saturated heterocycles. The third-order valence-corrected chi connectivity index (χ3v) is 4.26. The van der Waals surface area contributed by atoms with Crippen LogP contribution in [0.25, 0.3) is 0 Å². The molecule has 7 nitrogen and oxygen atoms in total. The molecule has 0 amide bonds. The fraction of sp³-hybridized carbons (Fsp3) is 0.700. The first-order valence-corrected chi connectivity index (χ1v) is 7.25.